The van der Waals surface area contributed by atoms with Gasteiger partial charge in [-0.25, -0.2) is 4.79 Å². The quantitative estimate of drug-likeness (QED) is 0.735. The summed E-state index contributed by atoms with van der Waals surface area (Å²) in [6.07, 6.45) is 2.35. The van der Waals surface area contributed by atoms with Crippen molar-refractivity contribution in [2.75, 3.05) is 26.7 Å². The molecule has 1 aliphatic heterocycles. The molecule has 0 aromatic heterocycles. The Balaban J connectivity index is 2.38. The molecule has 0 spiro atoms. The van der Waals surface area contributed by atoms with Crippen LogP contribution in [0.5, 0.6) is 0 Å². The zero-order valence-corrected chi connectivity index (χ0v) is 10.0. The molecule has 88 valence electrons. The lowest BCUT2D eigenvalue weighted by Crippen LogP contribution is -2.48. The van der Waals surface area contributed by atoms with Gasteiger partial charge in [0.1, 0.15) is 0 Å². The molecule has 0 bridgehead atoms. The van der Waals surface area contributed by atoms with Crippen molar-refractivity contribution in [2.45, 2.75) is 32.7 Å². The maximum Gasteiger partial charge on any atom is 0.317 e. The van der Waals surface area contributed by atoms with Crippen molar-refractivity contribution >= 4 is 6.03 Å². The highest BCUT2D eigenvalue weighted by Gasteiger charge is 2.23. The van der Waals surface area contributed by atoms with Crippen molar-refractivity contribution < 1.29 is 4.79 Å². The van der Waals surface area contributed by atoms with Gasteiger partial charge in [-0.3, -0.25) is 0 Å². The number of piperidine rings is 1. The summed E-state index contributed by atoms with van der Waals surface area (Å²) in [5.41, 5.74) is 0. The lowest BCUT2D eigenvalue weighted by molar-refractivity contribution is 0.163. The Hall–Kier alpha value is -0.770. The molecule has 4 heteroatoms. The number of nitrogens with zero attached hydrogens (tertiary/aromatic N) is 1. The average molecular weight is 213 g/mol. The molecule has 0 aromatic carbocycles. The number of likely N-dealkylation sites (tertiary alicyclic amines) is 1. The van der Waals surface area contributed by atoms with E-state index in [1.54, 1.807) is 0 Å². The first-order valence-corrected chi connectivity index (χ1v) is 5.83. The average Bonchev–Trinajstić information content (AvgIpc) is 2.17. The molecule has 1 aliphatic rings. The fraction of sp³-hybridized carbons (Fsp3) is 0.909. The van der Waals surface area contributed by atoms with Crippen LogP contribution in [-0.2, 0) is 0 Å². The monoisotopic (exact) mass is 213 g/mol. The topological polar surface area (TPSA) is 44.4 Å². The molecule has 4 nitrogen and oxygen atoms in total. The van der Waals surface area contributed by atoms with Gasteiger partial charge in [0.05, 0.1) is 0 Å². The van der Waals surface area contributed by atoms with Gasteiger partial charge in [-0.2, -0.15) is 0 Å². The summed E-state index contributed by atoms with van der Waals surface area (Å²) >= 11 is 0. The first-order valence-electron chi connectivity index (χ1n) is 5.83. The smallest absolute Gasteiger partial charge is 0.317 e. The highest BCUT2D eigenvalue weighted by molar-refractivity contribution is 5.74. The fourth-order valence-corrected chi connectivity index (χ4v) is 2.04. The molecule has 1 unspecified atom stereocenters. The molecular weight excluding hydrogens is 190 g/mol. The Labute approximate surface area is 92.4 Å². The zero-order valence-electron chi connectivity index (χ0n) is 10.0. The van der Waals surface area contributed by atoms with E-state index in [0.717, 1.165) is 26.1 Å². The van der Waals surface area contributed by atoms with E-state index < -0.39 is 0 Å². The summed E-state index contributed by atoms with van der Waals surface area (Å²) in [6.45, 7) is 6.78. The molecule has 0 aromatic rings. The summed E-state index contributed by atoms with van der Waals surface area (Å²) in [6, 6.07) is 0.313. The minimum atomic E-state index is 0.0887. The second kappa shape index (κ2) is 5.95. The molecule has 15 heavy (non-hydrogen) atoms. The van der Waals surface area contributed by atoms with E-state index in [0.29, 0.717) is 5.92 Å². The number of hydrogen-bond acceptors (Lipinski definition) is 2. The Morgan fingerprint density at radius 2 is 2.27 bits per heavy atom. The molecule has 1 saturated heterocycles. The second-order valence-corrected chi connectivity index (χ2v) is 4.62. The van der Waals surface area contributed by atoms with Crippen LogP contribution in [0.15, 0.2) is 0 Å². The molecule has 1 fully saturated rings. The summed E-state index contributed by atoms with van der Waals surface area (Å²) < 4.78 is 0. The van der Waals surface area contributed by atoms with Crippen molar-refractivity contribution in [1.82, 2.24) is 15.5 Å². The second-order valence-electron chi connectivity index (χ2n) is 4.62. The molecule has 1 rings (SSSR count). The lowest BCUT2D eigenvalue weighted by atomic mass is 9.98. The first-order chi connectivity index (χ1) is 7.13. The molecule has 0 saturated carbocycles. The third kappa shape index (κ3) is 4.08. The lowest BCUT2D eigenvalue weighted by Gasteiger charge is -2.33. The van der Waals surface area contributed by atoms with Gasteiger partial charge in [-0.05, 0) is 46.2 Å². The Morgan fingerprint density at radius 3 is 2.87 bits per heavy atom. The Morgan fingerprint density at radius 1 is 1.53 bits per heavy atom. The summed E-state index contributed by atoms with van der Waals surface area (Å²) in [7, 11) is 1.97. The van der Waals surface area contributed by atoms with E-state index >= 15 is 0 Å². The van der Waals surface area contributed by atoms with Crippen molar-refractivity contribution in [1.29, 1.82) is 0 Å². The normalized spacial score (nSPS) is 21.9. The third-order valence-corrected chi connectivity index (χ3v) is 2.71. The van der Waals surface area contributed by atoms with Crippen LogP contribution in [0.1, 0.15) is 26.7 Å². The van der Waals surface area contributed by atoms with Crippen LogP contribution in [0.4, 0.5) is 4.79 Å². The number of carbonyl (C=O) groups excluding carboxylic acids is 1. The number of rotatable bonds is 3. The number of carbonyl (C=O) groups is 1. The largest absolute Gasteiger partial charge is 0.336 e. The molecule has 1 atom stereocenters. The summed E-state index contributed by atoms with van der Waals surface area (Å²) in [4.78, 5) is 13.7. The van der Waals surface area contributed by atoms with Gasteiger partial charge >= 0.3 is 6.03 Å². The van der Waals surface area contributed by atoms with Crippen LogP contribution in [0.3, 0.4) is 0 Å². The van der Waals surface area contributed by atoms with Crippen LogP contribution < -0.4 is 10.6 Å². The molecule has 2 amide bonds. The van der Waals surface area contributed by atoms with Gasteiger partial charge in [0, 0.05) is 19.1 Å². The predicted molar refractivity (Wildman–Crippen MR) is 61.9 cm³/mol. The van der Waals surface area contributed by atoms with Crippen molar-refractivity contribution in [3.63, 3.8) is 0 Å². The van der Waals surface area contributed by atoms with Gasteiger partial charge in [-0.1, -0.05) is 0 Å². The Bertz CT molecular complexity index is 204. The van der Waals surface area contributed by atoms with Gasteiger partial charge in [-0.15, -0.1) is 0 Å². The molecule has 0 aliphatic carbocycles. The first kappa shape index (κ1) is 12.3. The van der Waals surface area contributed by atoms with Crippen molar-refractivity contribution in [3.8, 4) is 0 Å². The fourth-order valence-electron chi connectivity index (χ4n) is 2.04. The SMILES string of the molecule is CNCC1CCCN(C(=O)NC(C)C)C1. The van der Waals surface area contributed by atoms with Gasteiger partial charge < -0.3 is 15.5 Å². The van der Waals surface area contributed by atoms with E-state index in [-0.39, 0.29) is 12.1 Å². The predicted octanol–water partition coefficient (Wildman–Crippen LogP) is 1.04. The highest BCUT2D eigenvalue weighted by Crippen LogP contribution is 2.15. The van der Waals surface area contributed by atoms with E-state index in [4.69, 9.17) is 0 Å². The minimum absolute atomic E-state index is 0.0887. The van der Waals surface area contributed by atoms with Crippen LogP contribution in [0, 0.1) is 5.92 Å². The van der Waals surface area contributed by atoms with Gasteiger partial charge in [0.2, 0.25) is 0 Å². The van der Waals surface area contributed by atoms with E-state index in [1.807, 2.05) is 25.8 Å². The Kier molecular flexibility index (Phi) is 4.88. The van der Waals surface area contributed by atoms with Crippen LogP contribution in [0.25, 0.3) is 0 Å². The molecule has 0 radical (unpaired) electrons. The third-order valence-electron chi connectivity index (χ3n) is 2.71. The van der Waals surface area contributed by atoms with Crippen LogP contribution in [0.2, 0.25) is 0 Å². The molecule has 2 N–H and O–H groups in total. The van der Waals surface area contributed by atoms with E-state index in [9.17, 15) is 4.79 Å². The maximum atomic E-state index is 11.8. The minimum Gasteiger partial charge on any atom is -0.336 e. The molecule has 1 heterocycles. The number of urea groups is 1. The van der Waals surface area contributed by atoms with Crippen molar-refractivity contribution in [3.05, 3.63) is 0 Å². The highest BCUT2D eigenvalue weighted by atomic mass is 16.2. The van der Waals surface area contributed by atoms with Crippen LogP contribution in [-0.4, -0.2) is 43.7 Å². The summed E-state index contributed by atoms with van der Waals surface area (Å²) in [5.74, 6) is 0.613. The number of amides is 2. The number of nitrogens with one attached hydrogen (secondary N) is 2. The van der Waals surface area contributed by atoms with Gasteiger partial charge in [0.15, 0.2) is 0 Å². The van der Waals surface area contributed by atoms with Crippen LogP contribution >= 0.6 is 0 Å². The molecular formula is C11H23N3O. The summed E-state index contributed by atoms with van der Waals surface area (Å²) in [5, 5.41) is 6.12. The van der Waals surface area contributed by atoms with Crippen molar-refractivity contribution in [2.24, 2.45) is 5.92 Å². The van der Waals surface area contributed by atoms with E-state index in [2.05, 4.69) is 10.6 Å². The standard InChI is InChI=1S/C11H23N3O/c1-9(2)13-11(15)14-6-4-5-10(8-14)7-12-3/h9-10,12H,4-8H2,1-3H3,(H,13,15). The maximum absolute atomic E-state index is 11.8. The zero-order chi connectivity index (χ0) is 11.3. The number of hydrogen-bond donors (Lipinski definition) is 2. The van der Waals surface area contributed by atoms with Gasteiger partial charge in [0.25, 0.3) is 0 Å². The van der Waals surface area contributed by atoms with E-state index in [1.165, 1.54) is 6.42 Å².